The van der Waals surface area contributed by atoms with E-state index in [9.17, 15) is 19.2 Å². The topological polar surface area (TPSA) is 151 Å². The van der Waals surface area contributed by atoms with E-state index in [0.717, 1.165) is 0 Å². The van der Waals surface area contributed by atoms with Gasteiger partial charge in [-0.05, 0) is 83.1 Å². The quantitative estimate of drug-likeness (QED) is 0.116. The van der Waals surface area contributed by atoms with Crippen molar-refractivity contribution in [2.45, 2.75) is 105 Å². The van der Waals surface area contributed by atoms with Crippen molar-refractivity contribution in [1.29, 1.82) is 0 Å². The summed E-state index contributed by atoms with van der Waals surface area (Å²) in [5.74, 6) is -1.17. The third-order valence-electron chi connectivity index (χ3n) is 8.78. The molecule has 0 radical (unpaired) electrons. The standard InChI is InChI=1S/C30H54O13/c1-15-38-21(31)29(11,25(3,4)35-13)27(7,8)42-23(33)40-19-17-37-18-20-41-24(34)43-28(9,10)30(12,22(32)39-16-2)26(5,6)36-14/h15-20H2,1-14H3. The summed E-state index contributed by atoms with van der Waals surface area (Å²) in [4.78, 5) is 50.8. The summed E-state index contributed by atoms with van der Waals surface area (Å²) in [6.45, 7) is 19.6. The zero-order valence-corrected chi connectivity index (χ0v) is 28.5. The van der Waals surface area contributed by atoms with E-state index in [1.54, 1.807) is 83.1 Å². The van der Waals surface area contributed by atoms with Gasteiger partial charge in [-0.15, -0.1) is 0 Å². The van der Waals surface area contributed by atoms with Gasteiger partial charge in [0, 0.05) is 14.2 Å². The van der Waals surface area contributed by atoms with Crippen LogP contribution in [0.4, 0.5) is 9.59 Å². The minimum Gasteiger partial charge on any atom is -0.465 e. The van der Waals surface area contributed by atoms with Crippen LogP contribution in [-0.4, -0.2) is 101 Å². The van der Waals surface area contributed by atoms with Crippen molar-refractivity contribution in [3.8, 4) is 0 Å². The Bertz CT molecular complexity index is 866. The number of rotatable bonds is 18. The van der Waals surface area contributed by atoms with Crippen LogP contribution in [0.5, 0.6) is 0 Å². The van der Waals surface area contributed by atoms with Gasteiger partial charge in [0.05, 0.1) is 37.6 Å². The monoisotopic (exact) mass is 622 g/mol. The lowest BCUT2D eigenvalue weighted by molar-refractivity contribution is -0.210. The number of carbonyl (C=O) groups is 4. The van der Waals surface area contributed by atoms with Gasteiger partial charge in [0.1, 0.15) is 35.2 Å². The van der Waals surface area contributed by atoms with Gasteiger partial charge in [-0.3, -0.25) is 9.59 Å². The van der Waals surface area contributed by atoms with Crippen molar-refractivity contribution >= 4 is 24.2 Å². The van der Waals surface area contributed by atoms with E-state index < -0.39 is 57.5 Å². The van der Waals surface area contributed by atoms with Gasteiger partial charge < -0.3 is 42.6 Å². The Kier molecular flexibility index (Phi) is 14.9. The van der Waals surface area contributed by atoms with E-state index in [1.807, 2.05) is 0 Å². The highest BCUT2D eigenvalue weighted by molar-refractivity contribution is 5.81. The molecule has 0 amide bonds. The molecule has 0 N–H and O–H groups in total. The van der Waals surface area contributed by atoms with Crippen molar-refractivity contribution in [2.24, 2.45) is 10.8 Å². The smallest absolute Gasteiger partial charge is 0.465 e. The summed E-state index contributed by atoms with van der Waals surface area (Å²) in [5, 5.41) is 0. The number of ether oxygens (including phenoxy) is 9. The van der Waals surface area contributed by atoms with Crippen LogP contribution in [0.2, 0.25) is 0 Å². The first-order chi connectivity index (χ1) is 19.6. The largest absolute Gasteiger partial charge is 0.508 e. The van der Waals surface area contributed by atoms with Gasteiger partial charge in [0.15, 0.2) is 0 Å². The van der Waals surface area contributed by atoms with Crippen molar-refractivity contribution in [1.82, 2.24) is 0 Å². The van der Waals surface area contributed by atoms with Crippen LogP contribution < -0.4 is 0 Å². The van der Waals surface area contributed by atoms with Crippen LogP contribution in [0.1, 0.15) is 83.1 Å². The number of methoxy groups -OCH3 is 2. The molecule has 0 spiro atoms. The van der Waals surface area contributed by atoms with Crippen LogP contribution in [0, 0.1) is 10.8 Å². The average molecular weight is 623 g/mol. The second-order valence-electron chi connectivity index (χ2n) is 12.2. The minimum absolute atomic E-state index is 0.0267. The molecule has 0 saturated carbocycles. The molecule has 0 aromatic carbocycles. The molecule has 0 saturated heterocycles. The summed E-state index contributed by atoms with van der Waals surface area (Å²) >= 11 is 0. The lowest BCUT2D eigenvalue weighted by atomic mass is 9.64. The third kappa shape index (κ3) is 9.18. The van der Waals surface area contributed by atoms with Crippen LogP contribution in [0.15, 0.2) is 0 Å². The Hall–Kier alpha value is -2.64. The lowest BCUT2D eigenvalue weighted by Gasteiger charge is -2.49. The van der Waals surface area contributed by atoms with Gasteiger partial charge in [-0.1, -0.05) is 0 Å². The van der Waals surface area contributed by atoms with Gasteiger partial charge in [0.25, 0.3) is 0 Å². The molecule has 0 heterocycles. The first-order valence-electron chi connectivity index (χ1n) is 14.3. The second-order valence-corrected chi connectivity index (χ2v) is 12.2. The zero-order chi connectivity index (χ0) is 33.9. The predicted octanol–water partition coefficient (Wildman–Crippen LogP) is 4.86. The summed E-state index contributed by atoms with van der Waals surface area (Å²) in [7, 11) is 2.91. The van der Waals surface area contributed by atoms with Crippen molar-refractivity contribution in [3.63, 3.8) is 0 Å². The maximum atomic E-state index is 12.9. The lowest BCUT2D eigenvalue weighted by Crippen LogP contribution is -2.62. The molecule has 43 heavy (non-hydrogen) atoms. The van der Waals surface area contributed by atoms with E-state index in [2.05, 4.69) is 0 Å². The minimum atomic E-state index is -1.38. The highest BCUT2D eigenvalue weighted by Gasteiger charge is 2.62. The Balaban J connectivity index is 4.93. The molecule has 0 aromatic heterocycles. The number of hydrogen-bond donors (Lipinski definition) is 0. The fourth-order valence-electron chi connectivity index (χ4n) is 4.54. The van der Waals surface area contributed by atoms with Gasteiger partial charge in [0.2, 0.25) is 0 Å². The first kappa shape index (κ1) is 40.4. The highest BCUT2D eigenvalue weighted by Crippen LogP contribution is 2.47. The molecule has 0 bridgehead atoms. The molecule has 0 rings (SSSR count). The van der Waals surface area contributed by atoms with E-state index in [1.165, 1.54) is 14.2 Å². The summed E-state index contributed by atoms with van der Waals surface area (Å²) < 4.78 is 48.3. The molecule has 13 nitrogen and oxygen atoms in total. The molecule has 252 valence electrons. The van der Waals surface area contributed by atoms with Crippen LogP contribution in [-0.2, 0) is 52.2 Å². The number of carbonyl (C=O) groups excluding carboxylic acids is 4. The fraction of sp³-hybridized carbons (Fsp3) is 0.867. The maximum Gasteiger partial charge on any atom is 0.508 e. The molecule has 2 atom stereocenters. The van der Waals surface area contributed by atoms with Crippen LogP contribution in [0.25, 0.3) is 0 Å². The summed E-state index contributed by atoms with van der Waals surface area (Å²) in [5.41, 5.74) is -7.62. The van der Waals surface area contributed by atoms with E-state index in [-0.39, 0.29) is 39.6 Å². The molecule has 0 aliphatic rings. The first-order valence-corrected chi connectivity index (χ1v) is 14.3. The predicted molar refractivity (Wildman–Crippen MR) is 155 cm³/mol. The average Bonchev–Trinajstić information content (AvgIpc) is 2.90. The fourth-order valence-corrected chi connectivity index (χ4v) is 4.54. The number of hydrogen-bond acceptors (Lipinski definition) is 13. The van der Waals surface area contributed by atoms with Gasteiger partial charge in [-0.25, -0.2) is 9.59 Å². The molecule has 2 unspecified atom stereocenters. The Morgan fingerprint density at radius 1 is 0.465 bits per heavy atom. The van der Waals surface area contributed by atoms with Gasteiger partial charge in [-0.2, -0.15) is 0 Å². The summed E-state index contributed by atoms with van der Waals surface area (Å²) in [6, 6.07) is 0. The third-order valence-corrected chi connectivity index (χ3v) is 8.78. The SMILES string of the molecule is CCOC(=O)C(C)(C(C)(C)OC)C(C)(C)OC(=O)OCCOCCOC(=O)OC(C)(C)C(C)(C(=O)OCC)C(C)(C)OC. The molecule has 0 aliphatic heterocycles. The van der Waals surface area contributed by atoms with Crippen LogP contribution in [0.3, 0.4) is 0 Å². The zero-order valence-electron chi connectivity index (χ0n) is 28.5. The Morgan fingerprint density at radius 2 is 0.767 bits per heavy atom. The van der Waals surface area contributed by atoms with Crippen LogP contribution >= 0.6 is 0 Å². The Morgan fingerprint density at radius 3 is 1.02 bits per heavy atom. The molecule has 0 fully saturated rings. The molecule has 13 heteroatoms. The van der Waals surface area contributed by atoms with E-state index in [4.69, 9.17) is 42.6 Å². The van der Waals surface area contributed by atoms with Crippen molar-refractivity contribution < 1.29 is 61.8 Å². The van der Waals surface area contributed by atoms with E-state index in [0.29, 0.717) is 0 Å². The Labute approximate surface area is 256 Å². The van der Waals surface area contributed by atoms with Crippen molar-refractivity contribution in [2.75, 3.05) is 53.9 Å². The second kappa shape index (κ2) is 15.9. The van der Waals surface area contributed by atoms with E-state index >= 15 is 0 Å². The van der Waals surface area contributed by atoms with Gasteiger partial charge >= 0.3 is 24.2 Å². The molecule has 0 aliphatic carbocycles. The molecule has 0 aromatic rings. The maximum absolute atomic E-state index is 12.9. The molecular weight excluding hydrogens is 568 g/mol. The molecular formula is C30H54O13. The van der Waals surface area contributed by atoms with Crippen molar-refractivity contribution in [3.05, 3.63) is 0 Å². The normalized spacial score (nSPS) is 15.4. The highest BCUT2D eigenvalue weighted by atomic mass is 16.7. The number of esters is 2. The summed E-state index contributed by atoms with van der Waals surface area (Å²) in [6.07, 6.45) is -2.02.